The Balaban J connectivity index is 0.000000532. The number of benzene rings is 1. The highest BCUT2D eigenvalue weighted by molar-refractivity contribution is 5.95. The van der Waals surface area contributed by atoms with E-state index in [1.165, 1.54) is 0 Å². The fourth-order valence-corrected chi connectivity index (χ4v) is 5.63. The molecular weight excluding hydrogens is 521 g/mol. The minimum absolute atomic E-state index is 0.0340. The van der Waals surface area contributed by atoms with Gasteiger partial charge in [-0.05, 0) is 69.5 Å². The van der Waals surface area contributed by atoms with Crippen molar-refractivity contribution >= 4 is 11.9 Å². The molecule has 0 bridgehead atoms. The zero-order valence-electron chi connectivity index (χ0n) is 22.7. The molecule has 1 aliphatic carbocycles. The third kappa shape index (κ3) is 8.46. The average Bonchev–Trinajstić information content (AvgIpc) is 3.29. The molecule has 4 rings (SSSR count). The predicted molar refractivity (Wildman–Crippen MR) is 136 cm³/mol. The number of amides is 1. The van der Waals surface area contributed by atoms with Crippen LogP contribution in [0.2, 0.25) is 0 Å². The van der Waals surface area contributed by atoms with Gasteiger partial charge >= 0.3 is 12.1 Å². The van der Waals surface area contributed by atoms with Gasteiger partial charge in [-0.25, -0.2) is 4.79 Å². The van der Waals surface area contributed by atoms with Crippen molar-refractivity contribution in [1.82, 2.24) is 9.80 Å². The molecule has 2 aliphatic heterocycles. The first-order chi connectivity index (χ1) is 18.4. The Morgan fingerprint density at radius 2 is 1.62 bits per heavy atom. The molecule has 1 spiro atoms. The van der Waals surface area contributed by atoms with Gasteiger partial charge in [0.1, 0.15) is 11.5 Å². The van der Waals surface area contributed by atoms with Crippen molar-refractivity contribution in [3.8, 4) is 11.5 Å². The summed E-state index contributed by atoms with van der Waals surface area (Å²) in [6.45, 7) is 3.26. The highest BCUT2D eigenvalue weighted by Crippen LogP contribution is 2.42. The number of rotatable bonds is 6. The number of carbonyl (C=O) groups excluding carboxylic acids is 1. The zero-order chi connectivity index (χ0) is 28.8. The minimum atomic E-state index is -5.08. The molecule has 1 aromatic rings. The minimum Gasteiger partial charge on any atom is -0.497 e. The fraction of sp³-hybridized carbons (Fsp3) is 0.704. The molecule has 39 heavy (non-hydrogen) atoms. The standard InChI is InChI=1S/C25H38N2O5.C2HF3O2/c1-26(19-4-6-20(28)7-5-19)16-23-15-25(17-32-23)8-10-27(11-9-25)24(29)18-12-21(30-2)14-22(13-18)31-3;3-2(4,5)1(6)7/h12-14,19-20,23,28H,4-11,15-17H2,1-3H3;(H,6,7). The number of aliphatic hydroxyl groups excluding tert-OH is 1. The van der Waals surface area contributed by atoms with Crippen LogP contribution in [0.4, 0.5) is 13.2 Å². The molecule has 12 heteroatoms. The SMILES string of the molecule is COc1cc(OC)cc(C(=O)N2CCC3(CC2)COC(CN(C)C2CCC(O)CC2)C3)c1.O=C(O)C(F)(F)F. The van der Waals surface area contributed by atoms with Crippen LogP contribution in [-0.2, 0) is 9.53 Å². The van der Waals surface area contributed by atoms with Gasteiger partial charge in [-0.1, -0.05) is 0 Å². The number of carbonyl (C=O) groups is 2. The van der Waals surface area contributed by atoms with Crippen LogP contribution in [0.25, 0.3) is 0 Å². The number of nitrogens with zero attached hydrogens (tertiary/aromatic N) is 2. The van der Waals surface area contributed by atoms with Crippen molar-refractivity contribution in [2.75, 3.05) is 47.5 Å². The van der Waals surface area contributed by atoms with Crippen molar-refractivity contribution in [3.05, 3.63) is 23.8 Å². The summed E-state index contributed by atoms with van der Waals surface area (Å²) in [4.78, 5) is 26.4. The van der Waals surface area contributed by atoms with Gasteiger partial charge in [0, 0.05) is 37.3 Å². The fourth-order valence-electron chi connectivity index (χ4n) is 5.63. The number of carboxylic acid groups (broad SMARTS) is 1. The molecular formula is C27H39F3N2O7. The summed E-state index contributed by atoms with van der Waals surface area (Å²) in [5, 5.41) is 16.9. The highest BCUT2D eigenvalue weighted by atomic mass is 19.4. The summed E-state index contributed by atoms with van der Waals surface area (Å²) in [5.41, 5.74) is 0.800. The number of alkyl halides is 3. The van der Waals surface area contributed by atoms with Crippen LogP contribution in [0.5, 0.6) is 11.5 Å². The van der Waals surface area contributed by atoms with E-state index in [0.29, 0.717) is 23.1 Å². The number of hydrogen-bond donors (Lipinski definition) is 2. The number of aliphatic carboxylic acids is 1. The summed E-state index contributed by atoms with van der Waals surface area (Å²) in [6.07, 6.45) is 2.06. The lowest BCUT2D eigenvalue weighted by Crippen LogP contribution is -2.44. The van der Waals surface area contributed by atoms with Crippen LogP contribution in [0.15, 0.2) is 18.2 Å². The van der Waals surface area contributed by atoms with E-state index in [2.05, 4.69) is 11.9 Å². The number of hydrogen-bond acceptors (Lipinski definition) is 7. The highest BCUT2D eigenvalue weighted by Gasteiger charge is 2.44. The molecule has 1 amide bonds. The van der Waals surface area contributed by atoms with Gasteiger partial charge < -0.3 is 34.2 Å². The summed E-state index contributed by atoms with van der Waals surface area (Å²) >= 11 is 0. The van der Waals surface area contributed by atoms with Gasteiger partial charge in [0.05, 0.1) is 33.0 Å². The monoisotopic (exact) mass is 560 g/mol. The molecule has 1 atom stereocenters. The number of methoxy groups -OCH3 is 2. The third-order valence-electron chi connectivity index (χ3n) is 8.02. The van der Waals surface area contributed by atoms with Crippen molar-refractivity contribution in [2.24, 2.45) is 5.41 Å². The summed E-state index contributed by atoms with van der Waals surface area (Å²) < 4.78 is 48.6. The lowest BCUT2D eigenvalue weighted by Gasteiger charge is -2.39. The maximum absolute atomic E-state index is 13.1. The lowest BCUT2D eigenvalue weighted by atomic mass is 9.76. The van der Waals surface area contributed by atoms with Crippen molar-refractivity contribution in [1.29, 1.82) is 0 Å². The van der Waals surface area contributed by atoms with Gasteiger partial charge in [0.2, 0.25) is 0 Å². The maximum atomic E-state index is 13.1. The van der Waals surface area contributed by atoms with Gasteiger partial charge in [-0.3, -0.25) is 4.79 Å². The van der Waals surface area contributed by atoms with Gasteiger partial charge in [0.25, 0.3) is 5.91 Å². The van der Waals surface area contributed by atoms with Crippen molar-refractivity contribution < 1.29 is 47.2 Å². The number of aliphatic hydroxyl groups is 1. The van der Waals surface area contributed by atoms with Crippen LogP contribution >= 0.6 is 0 Å². The van der Waals surface area contributed by atoms with Crippen molar-refractivity contribution in [2.45, 2.75) is 69.4 Å². The normalized spacial score (nSPS) is 24.7. The van der Waals surface area contributed by atoms with Crippen LogP contribution in [0.3, 0.4) is 0 Å². The molecule has 0 radical (unpaired) electrons. The first-order valence-electron chi connectivity index (χ1n) is 13.2. The van der Waals surface area contributed by atoms with Gasteiger partial charge in [-0.15, -0.1) is 0 Å². The Morgan fingerprint density at radius 3 is 2.10 bits per heavy atom. The van der Waals surface area contributed by atoms with Crippen LogP contribution < -0.4 is 9.47 Å². The van der Waals surface area contributed by atoms with E-state index >= 15 is 0 Å². The van der Waals surface area contributed by atoms with E-state index in [1.54, 1.807) is 32.4 Å². The van der Waals surface area contributed by atoms with E-state index in [9.17, 15) is 23.1 Å². The molecule has 1 aromatic carbocycles. The number of ether oxygens (including phenoxy) is 3. The second-order valence-corrected chi connectivity index (χ2v) is 10.7. The molecule has 3 fully saturated rings. The second kappa shape index (κ2) is 13.2. The number of likely N-dealkylation sites (tertiary alicyclic amines) is 1. The molecule has 2 heterocycles. The Labute approximate surface area is 226 Å². The molecule has 0 aromatic heterocycles. The quantitative estimate of drug-likeness (QED) is 0.544. The zero-order valence-corrected chi connectivity index (χ0v) is 22.7. The van der Waals surface area contributed by atoms with Gasteiger partial charge in [-0.2, -0.15) is 13.2 Å². The molecule has 9 nitrogen and oxygen atoms in total. The molecule has 3 aliphatic rings. The average molecular weight is 561 g/mol. The lowest BCUT2D eigenvalue weighted by molar-refractivity contribution is -0.192. The number of piperidine rings is 1. The first-order valence-corrected chi connectivity index (χ1v) is 13.2. The van der Waals surface area contributed by atoms with Crippen LogP contribution in [0.1, 0.15) is 55.3 Å². The molecule has 2 N–H and O–H groups in total. The van der Waals surface area contributed by atoms with E-state index in [-0.39, 0.29) is 23.5 Å². The van der Waals surface area contributed by atoms with E-state index in [4.69, 9.17) is 24.1 Å². The molecule has 1 unspecified atom stereocenters. The van der Waals surface area contributed by atoms with Crippen LogP contribution in [-0.4, -0.2) is 104 Å². The van der Waals surface area contributed by atoms with E-state index < -0.39 is 12.1 Å². The molecule has 1 saturated carbocycles. The Bertz CT molecular complexity index is 952. The first kappa shape index (κ1) is 31.0. The Kier molecular flexibility index (Phi) is 10.5. The smallest absolute Gasteiger partial charge is 0.490 e. The van der Waals surface area contributed by atoms with E-state index in [0.717, 1.165) is 71.2 Å². The molecule has 220 valence electrons. The third-order valence-corrected chi connectivity index (χ3v) is 8.02. The molecule has 2 saturated heterocycles. The predicted octanol–water partition coefficient (Wildman–Crippen LogP) is 3.58. The Morgan fingerprint density at radius 1 is 1.08 bits per heavy atom. The summed E-state index contributed by atoms with van der Waals surface area (Å²) in [6, 6.07) is 5.90. The Hall–Kier alpha value is -2.57. The number of carboxylic acids is 1. The second-order valence-electron chi connectivity index (χ2n) is 10.7. The number of likely N-dealkylation sites (N-methyl/N-ethyl adjacent to an activating group) is 1. The largest absolute Gasteiger partial charge is 0.497 e. The number of halogens is 3. The summed E-state index contributed by atoms with van der Waals surface area (Å²) in [5.74, 6) is -1.46. The topological polar surface area (TPSA) is 109 Å². The maximum Gasteiger partial charge on any atom is 0.490 e. The van der Waals surface area contributed by atoms with Gasteiger partial charge in [0.15, 0.2) is 0 Å². The van der Waals surface area contributed by atoms with E-state index in [1.807, 2.05) is 4.90 Å². The van der Waals surface area contributed by atoms with Crippen LogP contribution in [0, 0.1) is 5.41 Å². The summed E-state index contributed by atoms with van der Waals surface area (Å²) in [7, 11) is 5.39. The van der Waals surface area contributed by atoms with Crippen molar-refractivity contribution in [3.63, 3.8) is 0 Å².